The van der Waals surface area contributed by atoms with E-state index in [0.717, 1.165) is 44.0 Å². The van der Waals surface area contributed by atoms with E-state index in [1.54, 1.807) is 7.11 Å². The van der Waals surface area contributed by atoms with Gasteiger partial charge in [-0.1, -0.05) is 12.1 Å². The van der Waals surface area contributed by atoms with Crippen molar-refractivity contribution in [1.82, 2.24) is 5.32 Å². The van der Waals surface area contributed by atoms with Gasteiger partial charge in [0.15, 0.2) is 0 Å². The van der Waals surface area contributed by atoms with Crippen LogP contribution in [0.4, 0.5) is 5.69 Å². The molecule has 1 fully saturated rings. The van der Waals surface area contributed by atoms with Crippen molar-refractivity contribution in [3.05, 3.63) is 23.8 Å². The highest BCUT2D eigenvalue weighted by atomic mass is 16.5. The normalized spacial score (nSPS) is 25.6. The molecule has 1 heterocycles. The summed E-state index contributed by atoms with van der Waals surface area (Å²) in [4.78, 5) is 0. The van der Waals surface area contributed by atoms with Crippen LogP contribution in [-0.4, -0.2) is 32.4 Å². The van der Waals surface area contributed by atoms with Crippen LogP contribution in [0.5, 0.6) is 5.75 Å². The molecule has 1 saturated carbocycles. The molecule has 98 valence electrons. The highest BCUT2D eigenvalue weighted by molar-refractivity contribution is 5.61. The summed E-state index contributed by atoms with van der Waals surface area (Å²) in [7, 11) is 1.79. The van der Waals surface area contributed by atoms with Crippen LogP contribution in [0.15, 0.2) is 18.2 Å². The van der Waals surface area contributed by atoms with Gasteiger partial charge < -0.3 is 20.1 Å². The van der Waals surface area contributed by atoms with Gasteiger partial charge in [0.05, 0.1) is 11.8 Å². The lowest BCUT2D eigenvalue weighted by Gasteiger charge is -2.35. The van der Waals surface area contributed by atoms with Crippen LogP contribution in [-0.2, 0) is 11.3 Å². The number of nitrogens with one attached hydrogen (secondary N) is 2. The lowest BCUT2D eigenvalue weighted by atomic mass is 9.89. The molecule has 0 bridgehead atoms. The lowest BCUT2D eigenvalue weighted by Crippen LogP contribution is -2.44. The number of hydrogen-bond acceptors (Lipinski definition) is 4. The molecule has 3 rings (SSSR count). The monoisotopic (exact) mass is 248 g/mol. The Kier molecular flexibility index (Phi) is 3.39. The predicted octanol–water partition coefficient (Wildman–Crippen LogP) is 1.76. The third-order valence-corrected chi connectivity index (χ3v) is 3.77. The maximum absolute atomic E-state index is 5.75. The van der Waals surface area contributed by atoms with Gasteiger partial charge in [-0.15, -0.1) is 0 Å². The minimum absolute atomic E-state index is 0.449. The number of methoxy groups -OCH3 is 1. The molecule has 2 N–H and O–H groups in total. The van der Waals surface area contributed by atoms with Crippen LogP contribution in [0.2, 0.25) is 0 Å². The molecular weight excluding hydrogens is 228 g/mol. The quantitative estimate of drug-likeness (QED) is 0.852. The Hall–Kier alpha value is -1.26. The van der Waals surface area contributed by atoms with Gasteiger partial charge in [-0.3, -0.25) is 0 Å². The molecule has 18 heavy (non-hydrogen) atoms. The Morgan fingerprint density at radius 2 is 2.33 bits per heavy atom. The van der Waals surface area contributed by atoms with Gasteiger partial charge in [0.1, 0.15) is 12.4 Å². The first-order chi connectivity index (χ1) is 8.86. The summed E-state index contributed by atoms with van der Waals surface area (Å²) >= 11 is 0. The van der Waals surface area contributed by atoms with Crippen LogP contribution in [0.25, 0.3) is 0 Å². The molecule has 4 heteroatoms. The van der Waals surface area contributed by atoms with Crippen molar-refractivity contribution in [2.24, 2.45) is 0 Å². The van der Waals surface area contributed by atoms with E-state index in [2.05, 4.69) is 28.8 Å². The van der Waals surface area contributed by atoms with Crippen molar-refractivity contribution in [2.75, 3.05) is 25.6 Å². The molecule has 0 saturated heterocycles. The second-order valence-electron chi connectivity index (χ2n) is 4.98. The number of benzene rings is 1. The fourth-order valence-electron chi connectivity index (χ4n) is 2.55. The van der Waals surface area contributed by atoms with Crippen molar-refractivity contribution in [1.29, 1.82) is 0 Å². The van der Waals surface area contributed by atoms with Crippen molar-refractivity contribution in [3.63, 3.8) is 0 Å². The van der Waals surface area contributed by atoms with Crippen LogP contribution in [0.3, 0.4) is 0 Å². The maximum atomic E-state index is 5.75. The molecule has 1 aromatic carbocycles. The summed E-state index contributed by atoms with van der Waals surface area (Å²) in [6.07, 6.45) is 2.68. The van der Waals surface area contributed by atoms with E-state index in [0.29, 0.717) is 12.1 Å². The summed E-state index contributed by atoms with van der Waals surface area (Å²) in [6.45, 7) is 2.51. The smallest absolute Gasteiger partial charge is 0.146 e. The van der Waals surface area contributed by atoms with E-state index in [1.807, 2.05) is 0 Å². The summed E-state index contributed by atoms with van der Waals surface area (Å²) in [5.41, 5.74) is 2.35. The Labute approximate surface area is 108 Å². The Balaban J connectivity index is 1.59. The maximum Gasteiger partial charge on any atom is 0.146 e. The SMILES string of the molecule is COC1CC(NCc2cccc3c2OCCN3)C1. The van der Waals surface area contributed by atoms with Crippen molar-refractivity contribution in [3.8, 4) is 5.75 Å². The number of anilines is 1. The van der Waals surface area contributed by atoms with Crippen LogP contribution < -0.4 is 15.4 Å². The van der Waals surface area contributed by atoms with Crippen LogP contribution >= 0.6 is 0 Å². The Morgan fingerprint density at radius 3 is 3.17 bits per heavy atom. The van der Waals surface area contributed by atoms with Gasteiger partial charge in [-0.25, -0.2) is 0 Å². The largest absolute Gasteiger partial charge is 0.489 e. The van der Waals surface area contributed by atoms with Gasteiger partial charge in [-0.2, -0.15) is 0 Å². The third kappa shape index (κ3) is 2.31. The molecule has 4 nitrogen and oxygen atoms in total. The number of hydrogen-bond donors (Lipinski definition) is 2. The van der Waals surface area contributed by atoms with Crippen molar-refractivity contribution in [2.45, 2.75) is 31.5 Å². The molecule has 0 atom stereocenters. The highest BCUT2D eigenvalue weighted by Gasteiger charge is 2.28. The summed E-state index contributed by atoms with van der Waals surface area (Å²) in [5, 5.41) is 6.92. The second-order valence-corrected chi connectivity index (χ2v) is 4.98. The van der Waals surface area contributed by atoms with Crippen LogP contribution in [0, 0.1) is 0 Å². The molecular formula is C14H20N2O2. The molecule has 0 spiro atoms. The molecule has 0 aromatic heterocycles. The molecule has 0 radical (unpaired) electrons. The topological polar surface area (TPSA) is 42.5 Å². The third-order valence-electron chi connectivity index (χ3n) is 3.77. The molecule has 1 aromatic rings. The summed E-state index contributed by atoms with van der Waals surface area (Å²) in [5.74, 6) is 1.01. The van der Waals surface area contributed by atoms with E-state index < -0.39 is 0 Å². The average molecular weight is 248 g/mol. The summed E-state index contributed by atoms with van der Waals surface area (Å²) < 4.78 is 11.0. The fourth-order valence-corrected chi connectivity index (χ4v) is 2.55. The number of fused-ring (bicyclic) bond motifs is 1. The fraction of sp³-hybridized carbons (Fsp3) is 0.571. The Morgan fingerprint density at radius 1 is 1.44 bits per heavy atom. The van der Waals surface area contributed by atoms with Crippen molar-refractivity contribution >= 4 is 5.69 Å². The highest BCUT2D eigenvalue weighted by Crippen LogP contribution is 2.31. The van der Waals surface area contributed by atoms with Crippen LogP contribution in [0.1, 0.15) is 18.4 Å². The minimum atomic E-state index is 0.449. The number of para-hydroxylation sites is 1. The van der Waals surface area contributed by atoms with Gasteiger partial charge >= 0.3 is 0 Å². The van der Waals surface area contributed by atoms with Gasteiger partial charge in [0.2, 0.25) is 0 Å². The zero-order chi connectivity index (χ0) is 12.4. The molecule has 0 unspecified atom stereocenters. The zero-order valence-corrected chi connectivity index (χ0v) is 10.7. The molecule has 2 aliphatic rings. The van der Waals surface area contributed by atoms with Gasteiger partial charge in [0.25, 0.3) is 0 Å². The van der Waals surface area contributed by atoms with E-state index in [1.165, 1.54) is 5.56 Å². The summed E-state index contributed by atoms with van der Waals surface area (Å²) in [6, 6.07) is 6.87. The first-order valence-corrected chi connectivity index (χ1v) is 6.61. The van der Waals surface area contributed by atoms with Gasteiger partial charge in [0, 0.05) is 31.8 Å². The molecule has 0 amide bonds. The predicted molar refractivity (Wildman–Crippen MR) is 71.1 cm³/mol. The second kappa shape index (κ2) is 5.16. The van der Waals surface area contributed by atoms with E-state index in [9.17, 15) is 0 Å². The average Bonchev–Trinajstić information content (AvgIpc) is 2.37. The Bertz CT molecular complexity index is 416. The van der Waals surface area contributed by atoms with E-state index in [-0.39, 0.29) is 0 Å². The van der Waals surface area contributed by atoms with Gasteiger partial charge in [-0.05, 0) is 18.9 Å². The van der Waals surface area contributed by atoms with E-state index in [4.69, 9.17) is 9.47 Å². The first kappa shape index (κ1) is 11.8. The zero-order valence-electron chi connectivity index (χ0n) is 10.7. The van der Waals surface area contributed by atoms with E-state index >= 15 is 0 Å². The number of ether oxygens (including phenoxy) is 2. The molecule has 1 aliphatic heterocycles. The minimum Gasteiger partial charge on any atom is -0.489 e. The van der Waals surface area contributed by atoms with Crippen molar-refractivity contribution < 1.29 is 9.47 Å². The number of rotatable bonds is 4. The standard InChI is InChI=1S/C14H20N2O2/c1-17-12-7-11(8-12)16-9-10-3-2-4-13-14(10)18-6-5-15-13/h2-4,11-12,15-16H,5-9H2,1H3. The first-order valence-electron chi connectivity index (χ1n) is 6.61. The molecule has 1 aliphatic carbocycles. The lowest BCUT2D eigenvalue weighted by molar-refractivity contribution is 0.0169.